The number of nitrogens with one attached hydrogen (secondary N) is 2. The number of benzene rings is 1. The molecular formula is C24H39N3O3. The van der Waals surface area contributed by atoms with E-state index in [1.54, 1.807) is 0 Å². The summed E-state index contributed by atoms with van der Waals surface area (Å²) in [5.41, 5.74) is 1.14. The van der Waals surface area contributed by atoms with Crippen molar-refractivity contribution in [2.45, 2.75) is 64.5 Å². The van der Waals surface area contributed by atoms with Crippen molar-refractivity contribution in [2.75, 3.05) is 39.5 Å². The van der Waals surface area contributed by atoms with Crippen molar-refractivity contribution in [3.8, 4) is 5.75 Å². The first-order valence-electron chi connectivity index (χ1n) is 11.8. The maximum atomic E-state index is 6.24. The molecule has 30 heavy (non-hydrogen) atoms. The van der Waals surface area contributed by atoms with Crippen LogP contribution in [0.5, 0.6) is 5.75 Å². The summed E-state index contributed by atoms with van der Waals surface area (Å²) in [7, 11) is 0. The lowest BCUT2D eigenvalue weighted by molar-refractivity contribution is 0.0203. The van der Waals surface area contributed by atoms with Crippen molar-refractivity contribution >= 4 is 5.96 Å². The van der Waals surface area contributed by atoms with Crippen molar-refractivity contribution in [1.82, 2.24) is 10.6 Å². The van der Waals surface area contributed by atoms with Crippen LogP contribution in [0.2, 0.25) is 0 Å². The summed E-state index contributed by atoms with van der Waals surface area (Å²) in [5, 5.41) is 6.75. The summed E-state index contributed by atoms with van der Waals surface area (Å²) in [4.78, 5) is 4.77. The fourth-order valence-corrected chi connectivity index (χ4v) is 3.99. The summed E-state index contributed by atoms with van der Waals surface area (Å²) in [6.07, 6.45) is 8.47. The monoisotopic (exact) mass is 417 g/mol. The molecule has 168 valence electrons. The number of aliphatic imine (C=N–C) groups is 1. The first-order valence-corrected chi connectivity index (χ1v) is 11.8. The minimum Gasteiger partial charge on any atom is -0.490 e. The van der Waals surface area contributed by atoms with Gasteiger partial charge < -0.3 is 24.8 Å². The van der Waals surface area contributed by atoms with E-state index < -0.39 is 0 Å². The molecule has 0 spiro atoms. The Kier molecular flexibility index (Phi) is 10.3. The molecule has 6 heteroatoms. The lowest BCUT2D eigenvalue weighted by Crippen LogP contribution is -2.38. The van der Waals surface area contributed by atoms with Crippen LogP contribution in [0.15, 0.2) is 29.3 Å². The Balaban J connectivity index is 1.39. The van der Waals surface area contributed by atoms with Gasteiger partial charge in [-0.2, -0.15) is 0 Å². The Morgan fingerprint density at radius 3 is 2.70 bits per heavy atom. The highest BCUT2D eigenvalue weighted by Crippen LogP contribution is 2.27. The summed E-state index contributed by atoms with van der Waals surface area (Å²) >= 11 is 0. The van der Waals surface area contributed by atoms with E-state index in [-0.39, 0.29) is 0 Å². The summed E-state index contributed by atoms with van der Waals surface area (Å²) in [6.45, 7) is 7.78. The SMILES string of the molecule is CCNC(=NCc1ccccc1OC1CCCC1)NCCCOCC1CCOCC1. The topological polar surface area (TPSA) is 64.1 Å². The average Bonchev–Trinajstić information content (AvgIpc) is 3.29. The van der Waals surface area contributed by atoms with Gasteiger partial charge in [0.25, 0.3) is 0 Å². The second-order valence-corrected chi connectivity index (χ2v) is 8.24. The molecule has 0 bridgehead atoms. The predicted molar refractivity (Wildman–Crippen MR) is 121 cm³/mol. The number of para-hydroxylation sites is 1. The third-order valence-electron chi connectivity index (χ3n) is 5.77. The molecule has 1 heterocycles. The van der Waals surface area contributed by atoms with Crippen LogP contribution < -0.4 is 15.4 Å². The minimum absolute atomic E-state index is 0.364. The van der Waals surface area contributed by atoms with E-state index in [2.05, 4.69) is 35.8 Å². The molecular weight excluding hydrogens is 378 g/mol. The van der Waals surface area contributed by atoms with E-state index in [4.69, 9.17) is 19.2 Å². The van der Waals surface area contributed by atoms with Gasteiger partial charge in [-0.25, -0.2) is 4.99 Å². The van der Waals surface area contributed by atoms with E-state index in [1.807, 2.05) is 6.07 Å². The molecule has 1 aromatic rings. The lowest BCUT2D eigenvalue weighted by atomic mass is 10.0. The van der Waals surface area contributed by atoms with Crippen molar-refractivity contribution in [1.29, 1.82) is 0 Å². The van der Waals surface area contributed by atoms with Crippen molar-refractivity contribution < 1.29 is 14.2 Å². The first-order chi connectivity index (χ1) is 14.8. The molecule has 2 fully saturated rings. The molecule has 0 atom stereocenters. The molecule has 2 aliphatic rings. The summed E-state index contributed by atoms with van der Waals surface area (Å²) < 4.78 is 17.5. The minimum atomic E-state index is 0.364. The summed E-state index contributed by atoms with van der Waals surface area (Å²) in [6, 6.07) is 8.28. The fraction of sp³-hybridized carbons (Fsp3) is 0.708. The fourth-order valence-electron chi connectivity index (χ4n) is 3.99. The highest BCUT2D eigenvalue weighted by atomic mass is 16.5. The number of hydrogen-bond acceptors (Lipinski definition) is 4. The number of rotatable bonds is 11. The van der Waals surface area contributed by atoms with Gasteiger partial charge in [0.1, 0.15) is 5.75 Å². The molecule has 2 N–H and O–H groups in total. The molecule has 0 unspecified atom stereocenters. The van der Waals surface area contributed by atoms with Crippen LogP contribution in [0.4, 0.5) is 0 Å². The van der Waals surface area contributed by atoms with E-state index in [1.165, 1.54) is 25.7 Å². The van der Waals surface area contributed by atoms with Gasteiger partial charge in [0.15, 0.2) is 5.96 Å². The molecule has 0 amide bonds. The Morgan fingerprint density at radius 2 is 1.90 bits per heavy atom. The molecule has 3 rings (SSSR count). The maximum absolute atomic E-state index is 6.24. The first kappa shape index (κ1) is 22.9. The second-order valence-electron chi connectivity index (χ2n) is 8.24. The van der Waals surface area contributed by atoms with Crippen LogP contribution in [0.1, 0.15) is 57.4 Å². The van der Waals surface area contributed by atoms with E-state index in [0.717, 1.165) is 76.1 Å². The van der Waals surface area contributed by atoms with Gasteiger partial charge in [-0.3, -0.25) is 0 Å². The molecule has 1 aromatic carbocycles. The van der Waals surface area contributed by atoms with Crippen LogP contribution in [-0.2, 0) is 16.0 Å². The lowest BCUT2D eigenvalue weighted by Gasteiger charge is -2.21. The van der Waals surface area contributed by atoms with Crippen LogP contribution in [0, 0.1) is 5.92 Å². The van der Waals surface area contributed by atoms with Crippen molar-refractivity contribution in [2.24, 2.45) is 10.9 Å². The van der Waals surface area contributed by atoms with Crippen LogP contribution >= 0.6 is 0 Å². The van der Waals surface area contributed by atoms with Crippen molar-refractivity contribution in [3.05, 3.63) is 29.8 Å². The van der Waals surface area contributed by atoms with Crippen molar-refractivity contribution in [3.63, 3.8) is 0 Å². The van der Waals surface area contributed by atoms with Crippen LogP contribution in [0.3, 0.4) is 0 Å². The molecule has 0 radical (unpaired) electrons. The molecule has 0 aromatic heterocycles. The van der Waals surface area contributed by atoms with Gasteiger partial charge >= 0.3 is 0 Å². The maximum Gasteiger partial charge on any atom is 0.191 e. The number of nitrogens with zero attached hydrogens (tertiary/aromatic N) is 1. The van der Waals surface area contributed by atoms with E-state index in [9.17, 15) is 0 Å². The zero-order valence-corrected chi connectivity index (χ0v) is 18.5. The molecule has 1 saturated carbocycles. The third-order valence-corrected chi connectivity index (χ3v) is 5.77. The zero-order chi connectivity index (χ0) is 20.9. The van der Waals surface area contributed by atoms with Gasteiger partial charge in [-0.15, -0.1) is 0 Å². The van der Waals surface area contributed by atoms with Gasteiger partial charge in [0, 0.05) is 45.1 Å². The Hall–Kier alpha value is -1.79. The quantitative estimate of drug-likeness (QED) is 0.325. The van der Waals surface area contributed by atoms with Gasteiger partial charge in [-0.05, 0) is 63.9 Å². The van der Waals surface area contributed by atoms with E-state index >= 15 is 0 Å². The zero-order valence-electron chi connectivity index (χ0n) is 18.5. The molecule has 1 saturated heterocycles. The third kappa shape index (κ3) is 8.15. The van der Waals surface area contributed by atoms with Crippen LogP contribution in [-0.4, -0.2) is 51.6 Å². The molecule has 1 aliphatic carbocycles. The molecule has 1 aliphatic heterocycles. The number of guanidine groups is 1. The number of ether oxygens (including phenoxy) is 3. The Labute approximate surface area is 181 Å². The van der Waals surface area contributed by atoms with Gasteiger partial charge in [0.2, 0.25) is 0 Å². The molecule has 6 nitrogen and oxygen atoms in total. The predicted octanol–water partition coefficient (Wildman–Crippen LogP) is 3.90. The Morgan fingerprint density at radius 1 is 1.10 bits per heavy atom. The normalized spacial score (nSPS) is 18.5. The van der Waals surface area contributed by atoms with E-state index in [0.29, 0.717) is 18.6 Å². The van der Waals surface area contributed by atoms with Crippen LogP contribution in [0.25, 0.3) is 0 Å². The highest BCUT2D eigenvalue weighted by Gasteiger charge is 2.17. The van der Waals surface area contributed by atoms with Gasteiger partial charge in [-0.1, -0.05) is 18.2 Å². The Bertz CT molecular complexity index is 626. The highest BCUT2D eigenvalue weighted by molar-refractivity contribution is 5.79. The van der Waals surface area contributed by atoms with Gasteiger partial charge in [0.05, 0.1) is 12.6 Å². The number of hydrogen-bond donors (Lipinski definition) is 2. The summed E-state index contributed by atoms with van der Waals surface area (Å²) in [5.74, 6) is 2.49. The smallest absolute Gasteiger partial charge is 0.191 e. The second kappa shape index (κ2) is 13.5. The largest absolute Gasteiger partial charge is 0.490 e. The average molecular weight is 418 g/mol. The standard InChI is InChI=1S/C24H39N3O3/c1-2-25-24(26-14-7-15-29-19-20-12-16-28-17-13-20)27-18-21-8-3-6-11-23(21)30-22-9-4-5-10-22/h3,6,8,11,20,22H,2,4-5,7,9-10,12-19H2,1H3,(H2,25,26,27).